The Balaban J connectivity index is 1.56. The monoisotopic (exact) mass is 318 g/mol. The fourth-order valence-electron chi connectivity index (χ4n) is 2.63. The highest BCUT2D eigenvalue weighted by Crippen LogP contribution is 2.24. The summed E-state index contributed by atoms with van der Waals surface area (Å²) in [5.74, 6) is 0. The Kier molecular flexibility index (Phi) is 3.35. The van der Waals surface area contributed by atoms with E-state index >= 15 is 0 Å². The predicted molar refractivity (Wildman–Crippen MR) is 94.5 cm³/mol. The van der Waals surface area contributed by atoms with E-state index in [-0.39, 0.29) is 0 Å². The summed E-state index contributed by atoms with van der Waals surface area (Å²) in [6, 6.07) is 13.2. The van der Waals surface area contributed by atoms with Crippen LogP contribution in [0.15, 0.2) is 64.4 Å². The van der Waals surface area contributed by atoms with Crippen molar-refractivity contribution in [1.29, 1.82) is 0 Å². The fraction of sp³-hybridized carbons (Fsp3) is 0.0556. The molecule has 0 saturated heterocycles. The van der Waals surface area contributed by atoms with Crippen LogP contribution >= 0.6 is 0 Å². The van der Waals surface area contributed by atoms with E-state index in [0.717, 1.165) is 22.3 Å². The molecule has 24 heavy (non-hydrogen) atoms. The van der Waals surface area contributed by atoms with Crippen LogP contribution in [0.5, 0.6) is 0 Å². The molecule has 6 heteroatoms. The topological polar surface area (TPSA) is 86.9 Å². The van der Waals surface area contributed by atoms with Crippen LogP contribution in [0.25, 0.3) is 10.9 Å². The highest BCUT2D eigenvalue weighted by Gasteiger charge is 2.21. The molecule has 0 saturated carbocycles. The van der Waals surface area contributed by atoms with Gasteiger partial charge in [-0.1, -0.05) is 12.1 Å². The molecule has 0 aliphatic heterocycles. The maximum Gasteiger partial charge on any atom is 0.253 e. The zero-order valence-corrected chi connectivity index (χ0v) is 12.7. The van der Waals surface area contributed by atoms with Crippen LogP contribution in [0.2, 0.25) is 0 Å². The van der Waals surface area contributed by atoms with Crippen LogP contribution in [0.3, 0.4) is 0 Å². The minimum Gasteiger partial charge on any atom is -0.374 e. The van der Waals surface area contributed by atoms with Gasteiger partial charge in [-0.05, 0) is 35.7 Å². The first kappa shape index (κ1) is 14.2. The number of rotatable bonds is 5. The van der Waals surface area contributed by atoms with Crippen molar-refractivity contribution in [3.8, 4) is 0 Å². The van der Waals surface area contributed by atoms with Gasteiger partial charge in [0.1, 0.15) is 11.4 Å². The number of nitrogens with one attached hydrogen (secondary N) is 3. The summed E-state index contributed by atoms with van der Waals surface area (Å²) in [4.78, 5) is 31.0. The lowest BCUT2D eigenvalue weighted by Crippen LogP contribution is -2.36. The number of H-pyrrole nitrogens is 1. The number of pyridine rings is 1. The lowest BCUT2D eigenvalue weighted by atomic mass is 10.1. The Bertz CT molecular complexity index is 1080. The summed E-state index contributed by atoms with van der Waals surface area (Å²) in [7, 11) is 0. The first-order chi connectivity index (χ1) is 11.7. The number of aromatic nitrogens is 2. The standard InChI is InChI=1S/C18H14N4O2/c23-17-15(21-10-13-3-1-2-7-19-13)16(18(17)24)22-12-5-4-11-6-8-20-14(11)9-12/h1-9,20-22H,10H2. The third-order valence-corrected chi connectivity index (χ3v) is 3.91. The number of hydrogen-bond donors (Lipinski definition) is 3. The first-order valence-corrected chi connectivity index (χ1v) is 7.53. The van der Waals surface area contributed by atoms with Crippen molar-refractivity contribution in [2.45, 2.75) is 6.54 Å². The number of hydrogen-bond acceptors (Lipinski definition) is 5. The molecule has 0 unspecified atom stereocenters. The number of fused-ring (bicyclic) bond motifs is 1. The van der Waals surface area contributed by atoms with Crippen molar-refractivity contribution in [2.75, 3.05) is 10.6 Å². The van der Waals surface area contributed by atoms with Gasteiger partial charge >= 0.3 is 0 Å². The van der Waals surface area contributed by atoms with Crippen molar-refractivity contribution in [1.82, 2.24) is 9.97 Å². The maximum absolute atomic E-state index is 11.9. The van der Waals surface area contributed by atoms with Gasteiger partial charge in [-0.3, -0.25) is 14.6 Å². The number of aromatic amines is 1. The number of nitrogens with zero attached hydrogens (tertiary/aromatic N) is 1. The highest BCUT2D eigenvalue weighted by molar-refractivity contribution is 5.86. The van der Waals surface area contributed by atoms with E-state index in [2.05, 4.69) is 20.6 Å². The Morgan fingerprint density at radius 3 is 2.71 bits per heavy atom. The molecular formula is C18H14N4O2. The van der Waals surface area contributed by atoms with E-state index in [1.165, 1.54) is 0 Å². The van der Waals surface area contributed by atoms with Gasteiger partial charge in [-0.25, -0.2) is 0 Å². The van der Waals surface area contributed by atoms with Crippen LogP contribution < -0.4 is 21.5 Å². The van der Waals surface area contributed by atoms with Crippen LogP contribution in [-0.4, -0.2) is 9.97 Å². The fourth-order valence-corrected chi connectivity index (χ4v) is 2.63. The zero-order valence-electron chi connectivity index (χ0n) is 12.7. The summed E-state index contributed by atoms with van der Waals surface area (Å²) in [5.41, 5.74) is 2.09. The molecule has 2 aromatic carbocycles. The Morgan fingerprint density at radius 2 is 1.88 bits per heavy atom. The lowest BCUT2D eigenvalue weighted by molar-refractivity contribution is 1.04. The Labute approximate surface area is 136 Å². The van der Waals surface area contributed by atoms with Crippen molar-refractivity contribution < 1.29 is 0 Å². The van der Waals surface area contributed by atoms with Crippen LogP contribution in [-0.2, 0) is 6.54 Å². The minimum atomic E-state index is -0.509. The molecule has 0 fully saturated rings. The predicted octanol–water partition coefficient (Wildman–Crippen LogP) is 2.51. The van der Waals surface area contributed by atoms with Gasteiger partial charge in [-0.2, -0.15) is 0 Å². The second-order valence-electron chi connectivity index (χ2n) is 5.49. The van der Waals surface area contributed by atoms with Crippen molar-refractivity contribution >= 4 is 28.0 Å². The zero-order chi connectivity index (χ0) is 16.5. The van der Waals surface area contributed by atoms with Gasteiger partial charge in [0, 0.05) is 23.6 Å². The normalized spacial score (nSPS) is 11.0. The lowest BCUT2D eigenvalue weighted by Gasteiger charge is -2.14. The van der Waals surface area contributed by atoms with Crippen molar-refractivity contribution in [3.05, 3.63) is 81.0 Å². The largest absolute Gasteiger partial charge is 0.374 e. The Morgan fingerprint density at radius 1 is 1.00 bits per heavy atom. The van der Waals surface area contributed by atoms with Crippen LogP contribution in [0, 0.1) is 0 Å². The number of anilines is 3. The second kappa shape index (κ2) is 5.66. The van der Waals surface area contributed by atoms with Gasteiger partial charge in [0.15, 0.2) is 0 Å². The molecule has 4 rings (SSSR count). The molecule has 6 nitrogen and oxygen atoms in total. The van der Waals surface area contributed by atoms with E-state index in [0.29, 0.717) is 17.9 Å². The molecule has 0 aliphatic carbocycles. The highest BCUT2D eigenvalue weighted by atomic mass is 16.2. The molecule has 0 radical (unpaired) electrons. The van der Waals surface area contributed by atoms with E-state index in [4.69, 9.17) is 0 Å². The van der Waals surface area contributed by atoms with Gasteiger partial charge in [0.25, 0.3) is 10.9 Å². The molecule has 0 bridgehead atoms. The van der Waals surface area contributed by atoms with E-state index in [1.54, 1.807) is 6.20 Å². The molecule has 0 atom stereocenters. The molecule has 3 N–H and O–H groups in total. The minimum absolute atomic E-state index is 0.293. The summed E-state index contributed by atoms with van der Waals surface area (Å²) in [5, 5.41) is 7.11. The molecule has 4 aromatic rings. The number of benzene rings is 1. The maximum atomic E-state index is 11.9. The molecule has 2 aromatic heterocycles. The molecule has 0 spiro atoms. The second-order valence-corrected chi connectivity index (χ2v) is 5.49. The van der Waals surface area contributed by atoms with Gasteiger partial charge in [0.2, 0.25) is 0 Å². The summed E-state index contributed by atoms with van der Waals surface area (Å²) in [6.07, 6.45) is 3.54. The SMILES string of the molecule is O=c1c(NCc2ccccn2)c(Nc2ccc3cc[nH]c3c2)c1=O. The molecule has 2 heterocycles. The van der Waals surface area contributed by atoms with Crippen LogP contribution in [0.4, 0.5) is 17.1 Å². The first-order valence-electron chi connectivity index (χ1n) is 7.53. The Hall–Kier alpha value is -3.41. The van der Waals surface area contributed by atoms with Gasteiger partial charge < -0.3 is 15.6 Å². The van der Waals surface area contributed by atoms with Gasteiger partial charge in [-0.15, -0.1) is 0 Å². The summed E-state index contributed by atoms with van der Waals surface area (Å²) in [6.45, 7) is 0.385. The molecular weight excluding hydrogens is 304 g/mol. The molecule has 118 valence electrons. The van der Waals surface area contributed by atoms with Crippen molar-refractivity contribution in [3.63, 3.8) is 0 Å². The van der Waals surface area contributed by atoms with Crippen LogP contribution in [0.1, 0.15) is 5.69 Å². The van der Waals surface area contributed by atoms with Crippen molar-refractivity contribution in [2.24, 2.45) is 0 Å². The smallest absolute Gasteiger partial charge is 0.253 e. The summed E-state index contributed by atoms with van der Waals surface area (Å²) >= 11 is 0. The third-order valence-electron chi connectivity index (χ3n) is 3.91. The summed E-state index contributed by atoms with van der Waals surface area (Å²) < 4.78 is 0. The average Bonchev–Trinajstić information content (AvgIpc) is 3.09. The molecule has 0 aliphatic rings. The third kappa shape index (κ3) is 2.44. The van der Waals surface area contributed by atoms with Gasteiger partial charge in [0.05, 0.1) is 12.2 Å². The van der Waals surface area contributed by atoms with E-state index < -0.39 is 10.9 Å². The quantitative estimate of drug-likeness (QED) is 0.492. The van der Waals surface area contributed by atoms with E-state index in [1.807, 2.05) is 48.7 Å². The molecule has 0 amide bonds. The van der Waals surface area contributed by atoms with E-state index in [9.17, 15) is 9.59 Å². The average molecular weight is 318 g/mol.